The van der Waals surface area contributed by atoms with Gasteiger partial charge in [-0.3, -0.25) is 4.98 Å². The maximum Gasteiger partial charge on any atom is 0.242 e. The lowest BCUT2D eigenvalue weighted by Gasteiger charge is -2.07. The van der Waals surface area contributed by atoms with Gasteiger partial charge in [0.25, 0.3) is 0 Å². The number of aromatic hydroxyl groups is 1. The summed E-state index contributed by atoms with van der Waals surface area (Å²) in [5.41, 5.74) is 0.426. The quantitative estimate of drug-likeness (QED) is 0.888. The van der Waals surface area contributed by atoms with E-state index in [1.165, 1.54) is 6.07 Å². The second-order valence-corrected chi connectivity index (χ2v) is 5.56. The molecule has 1 aromatic heterocycles. The molecule has 0 amide bonds. The van der Waals surface area contributed by atoms with E-state index in [-0.39, 0.29) is 17.2 Å². The number of para-hydroxylation sites is 1. The molecular weight excluding hydrogens is 271 g/mol. The van der Waals surface area contributed by atoms with Crippen LogP contribution in [-0.4, -0.2) is 18.5 Å². The van der Waals surface area contributed by atoms with E-state index in [1.54, 1.807) is 18.2 Å². The van der Waals surface area contributed by atoms with Gasteiger partial charge in [0.15, 0.2) is 0 Å². The fraction of sp³-hybridized carbons (Fsp3) is 0.0833. The Bertz CT molecular complexity index is 689. The summed E-state index contributed by atoms with van der Waals surface area (Å²) >= 11 is 0. The fourth-order valence-corrected chi connectivity index (χ4v) is 2.44. The van der Waals surface area contributed by atoms with Crippen LogP contribution < -0.4 is 4.72 Å². The topological polar surface area (TPSA) is 79.3 Å². The van der Waals surface area contributed by atoms with E-state index < -0.39 is 15.8 Å². The van der Waals surface area contributed by atoms with Gasteiger partial charge in [-0.05, 0) is 12.1 Å². The second-order valence-electron chi connectivity index (χ2n) is 3.79. The van der Waals surface area contributed by atoms with E-state index in [4.69, 9.17) is 0 Å². The Morgan fingerprint density at radius 2 is 2.00 bits per heavy atom. The Labute approximate surface area is 109 Å². The molecular formula is C12H11FN2O3S. The number of hydrogen-bond acceptors (Lipinski definition) is 4. The van der Waals surface area contributed by atoms with E-state index in [0.29, 0.717) is 5.56 Å². The molecule has 2 aromatic rings. The van der Waals surface area contributed by atoms with Crippen molar-refractivity contribution in [3.05, 3.63) is 54.1 Å². The summed E-state index contributed by atoms with van der Waals surface area (Å²) in [4.78, 5) is 3.22. The number of nitrogens with one attached hydrogen (secondary N) is 1. The van der Waals surface area contributed by atoms with E-state index in [9.17, 15) is 17.9 Å². The zero-order chi connectivity index (χ0) is 13.9. The highest BCUT2D eigenvalue weighted by atomic mass is 32.2. The number of halogens is 1. The minimum Gasteiger partial charge on any atom is -0.508 e. The Morgan fingerprint density at radius 3 is 2.68 bits per heavy atom. The van der Waals surface area contributed by atoms with Gasteiger partial charge in [-0.25, -0.2) is 17.5 Å². The molecule has 0 fully saturated rings. The highest BCUT2D eigenvalue weighted by Gasteiger charge is 2.15. The number of pyridine rings is 1. The summed E-state index contributed by atoms with van der Waals surface area (Å²) in [6, 6.07) is 7.21. The van der Waals surface area contributed by atoms with Gasteiger partial charge in [-0.15, -0.1) is 0 Å². The number of benzene rings is 1. The van der Waals surface area contributed by atoms with E-state index in [0.717, 1.165) is 18.5 Å². The SMILES string of the molecule is O=S(=O)(NCc1ccccc1O)c1cncc(F)c1. The lowest BCUT2D eigenvalue weighted by Crippen LogP contribution is -2.23. The van der Waals surface area contributed by atoms with Crippen LogP contribution in [0.5, 0.6) is 5.75 Å². The van der Waals surface area contributed by atoms with Gasteiger partial charge >= 0.3 is 0 Å². The highest BCUT2D eigenvalue weighted by Crippen LogP contribution is 2.16. The fourth-order valence-electron chi connectivity index (χ4n) is 1.46. The molecule has 0 aliphatic carbocycles. The number of phenolic OH excluding ortho intramolecular Hbond substituents is 1. The highest BCUT2D eigenvalue weighted by molar-refractivity contribution is 7.89. The first-order chi connectivity index (χ1) is 8.99. The molecule has 19 heavy (non-hydrogen) atoms. The van der Waals surface area contributed by atoms with Crippen molar-refractivity contribution in [1.29, 1.82) is 0 Å². The smallest absolute Gasteiger partial charge is 0.242 e. The number of nitrogens with zero attached hydrogens (tertiary/aromatic N) is 1. The van der Waals surface area contributed by atoms with Gasteiger partial charge in [-0.2, -0.15) is 0 Å². The Morgan fingerprint density at radius 1 is 1.26 bits per heavy atom. The second kappa shape index (κ2) is 5.33. The Kier molecular flexibility index (Phi) is 3.77. The molecule has 0 saturated heterocycles. The molecule has 0 aliphatic rings. The molecule has 7 heteroatoms. The zero-order valence-electron chi connectivity index (χ0n) is 9.75. The van der Waals surface area contributed by atoms with Crippen molar-refractivity contribution in [2.75, 3.05) is 0 Å². The van der Waals surface area contributed by atoms with Crippen LogP contribution in [0.4, 0.5) is 4.39 Å². The number of rotatable bonds is 4. The van der Waals surface area contributed by atoms with Gasteiger partial charge in [0.05, 0.1) is 6.20 Å². The standard InChI is InChI=1S/C12H11FN2O3S/c13-10-5-11(8-14-7-10)19(17,18)15-6-9-3-1-2-4-12(9)16/h1-5,7-8,15-16H,6H2. The van der Waals surface area contributed by atoms with Crippen LogP contribution in [0.15, 0.2) is 47.6 Å². The van der Waals surface area contributed by atoms with Gasteiger partial charge < -0.3 is 5.11 Å². The molecule has 0 radical (unpaired) electrons. The first-order valence-electron chi connectivity index (χ1n) is 5.36. The number of phenols is 1. The molecule has 2 N–H and O–H groups in total. The summed E-state index contributed by atoms with van der Waals surface area (Å²) in [6.07, 6.45) is 1.97. The molecule has 0 spiro atoms. The maximum absolute atomic E-state index is 12.9. The maximum atomic E-state index is 12.9. The van der Waals surface area contributed by atoms with Crippen LogP contribution >= 0.6 is 0 Å². The molecule has 1 heterocycles. The Balaban J connectivity index is 2.17. The largest absolute Gasteiger partial charge is 0.508 e. The number of sulfonamides is 1. The first-order valence-corrected chi connectivity index (χ1v) is 6.84. The third-order valence-electron chi connectivity index (χ3n) is 2.43. The van der Waals surface area contributed by atoms with Crippen molar-refractivity contribution in [1.82, 2.24) is 9.71 Å². The van der Waals surface area contributed by atoms with Crippen LogP contribution in [0, 0.1) is 5.82 Å². The van der Waals surface area contributed by atoms with Gasteiger partial charge in [0.2, 0.25) is 10.0 Å². The lowest BCUT2D eigenvalue weighted by molar-refractivity contribution is 0.467. The minimum atomic E-state index is -3.86. The molecule has 0 saturated carbocycles. The summed E-state index contributed by atoms with van der Waals surface area (Å²) < 4.78 is 38.9. The summed E-state index contributed by atoms with van der Waals surface area (Å²) in [6.45, 7) is -0.0917. The van der Waals surface area contributed by atoms with E-state index >= 15 is 0 Å². The molecule has 1 aromatic carbocycles. The van der Waals surface area contributed by atoms with Crippen molar-refractivity contribution in [3.63, 3.8) is 0 Å². The molecule has 0 bridgehead atoms. The normalized spacial score (nSPS) is 11.4. The molecule has 0 aliphatic heterocycles. The third-order valence-corrected chi connectivity index (χ3v) is 3.80. The average molecular weight is 282 g/mol. The van der Waals surface area contributed by atoms with Crippen molar-refractivity contribution in [2.24, 2.45) is 0 Å². The average Bonchev–Trinajstić information content (AvgIpc) is 2.38. The summed E-state index contributed by atoms with van der Waals surface area (Å²) in [7, 11) is -3.86. The predicted octanol–water partition coefficient (Wildman–Crippen LogP) is 1.40. The van der Waals surface area contributed by atoms with Crippen molar-refractivity contribution < 1.29 is 17.9 Å². The van der Waals surface area contributed by atoms with E-state index in [1.807, 2.05) is 0 Å². The predicted molar refractivity (Wildman–Crippen MR) is 66.3 cm³/mol. The molecule has 0 unspecified atom stereocenters. The third kappa shape index (κ3) is 3.27. The van der Waals surface area contributed by atoms with E-state index in [2.05, 4.69) is 9.71 Å². The van der Waals surface area contributed by atoms with Gasteiger partial charge in [-0.1, -0.05) is 18.2 Å². The van der Waals surface area contributed by atoms with Crippen LogP contribution in [0.1, 0.15) is 5.56 Å². The van der Waals surface area contributed by atoms with Crippen LogP contribution in [0.25, 0.3) is 0 Å². The number of aromatic nitrogens is 1. The molecule has 5 nitrogen and oxygen atoms in total. The Hall–Kier alpha value is -1.99. The monoisotopic (exact) mass is 282 g/mol. The first kappa shape index (κ1) is 13.4. The van der Waals surface area contributed by atoms with Gasteiger partial charge in [0.1, 0.15) is 16.5 Å². The van der Waals surface area contributed by atoms with Gasteiger partial charge in [0, 0.05) is 18.3 Å². The van der Waals surface area contributed by atoms with Crippen molar-refractivity contribution in [3.8, 4) is 5.75 Å². The number of hydrogen-bond donors (Lipinski definition) is 2. The molecule has 100 valence electrons. The van der Waals surface area contributed by atoms with Crippen LogP contribution in [-0.2, 0) is 16.6 Å². The summed E-state index contributed by atoms with van der Waals surface area (Å²) in [5.74, 6) is -0.743. The zero-order valence-corrected chi connectivity index (χ0v) is 10.6. The molecule has 2 rings (SSSR count). The lowest BCUT2D eigenvalue weighted by atomic mass is 10.2. The van der Waals surface area contributed by atoms with Crippen LogP contribution in [0.3, 0.4) is 0 Å². The minimum absolute atomic E-state index is 0.0115. The molecule has 0 atom stereocenters. The van der Waals surface area contributed by atoms with Crippen LogP contribution in [0.2, 0.25) is 0 Å². The van der Waals surface area contributed by atoms with Crippen molar-refractivity contribution >= 4 is 10.0 Å². The van der Waals surface area contributed by atoms with Crippen molar-refractivity contribution in [2.45, 2.75) is 11.4 Å². The summed E-state index contributed by atoms with van der Waals surface area (Å²) in [5, 5.41) is 9.51.